The molecule has 1 aromatic rings. The van der Waals surface area contributed by atoms with Crippen LogP contribution in [0, 0.1) is 5.92 Å². The average molecular weight is 257 g/mol. The fraction of sp³-hybridized carbons (Fsp3) is 0.692. The van der Waals surface area contributed by atoms with Gasteiger partial charge in [0.05, 0.1) is 0 Å². The molecule has 0 aliphatic rings. The van der Waals surface area contributed by atoms with Crippen molar-refractivity contribution in [2.45, 2.75) is 26.2 Å². The molecule has 0 spiro atoms. The zero-order valence-electron chi connectivity index (χ0n) is 10.4. The highest BCUT2D eigenvalue weighted by molar-refractivity contribution is 7.80. The summed E-state index contributed by atoms with van der Waals surface area (Å²) in [7, 11) is 2.22. The van der Waals surface area contributed by atoms with Crippen molar-refractivity contribution in [2.75, 3.05) is 25.9 Å². The molecule has 0 amide bonds. The Bertz CT molecular complexity index is 259. The lowest BCUT2D eigenvalue weighted by Crippen LogP contribution is -2.23. The summed E-state index contributed by atoms with van der Waals surface area (Å²) in [6, 6.07) is 4.36. The van der Waals surface area contributed by atoms with E-state index in [1.54, 1.807) is 0 Å². The molecule has 16 heavy (non-hydrogen) atoms. The van der Waals surface area contributed by atoms with Gasteiger partial charge in [-0.15, -0.1) is 11.3 Å². The predicted molar refractivity (Wildman–Crippen MR) is 77.8 cm³/mol. The van der Waals surface area contributed by atoms with E-state index in [9.17, 15) is 0 Å². The molecule has 0 saturated heterocycles. The Hall–Kier alpha value is 0.01000. The Balaban J connectivity index is 2.09. The SMILES string of the molecule is CC(CCS)CCN(C)CCc1cccs1. The maximum atomic E-state index is 4.27. The fourth-order valence-electron chi connectivity index (χ4n) is 1.67. The van der Waals surface area contributed by atoms with Crippen LogP contribution < -0.4 is 0 Å². The molecule has 0 aliphatic carbocycles. The molecule has 1 nitrogen and oxygen atoms in total. The minimum Gasteiger partial charge on any atom is -0.306 e. The van der Waals surface area contributed by atoms with Gasteiger partial charge >= 0.3 is 0 Å². The van der Waals surface area contributed by atoms with Crippen molar-refractivity contribution in [1.29, 1.82) is 0 Å². The lowest BCUT2D eigenvalue weighted by atomic mass is 10.1. The lowest BCUT2D eigenvalue weighted by molar-refractivity contribution is 0.307. The van der Waals surface area contributed by atoms with Crippen LogP contribution >= 0.6 is 24.0 Å². The van der Waals surface area contributed by atoms with E-state index in [4.69, 9.17) is 0 Å². The summed E-state index contributed by atoms with van der Waals surface area (Å²) >= 11 is 6.13. The minimum absolute atomic E-state index is 0.807. The lowest BCUT2D eigenvalue weighted by Gasteiger charge is -2.18. The van der Waals surface area contributed by atoms with Crippen molar-refractivity contribution in [2.24, 2.45) is 5.92 Å². The first kappa shape index (κ1) is 14.1. The molecule has 0 fully saturated rings. The molecule has 92 valence electrons. The van der Waals surface area contributed by atoms with Crippen LogP contribution in [0.5, 0.6) is 0 Å². The van der Waals surface area contributed by atoms with Gasteiger partial charge in [0.2, 0.25) is 0 Å². The minimum atomic E-state index is 0.807. The van der Waals surface area contributed by atoms with E-state index < -0.39 is 0 Å². The van der Waals surface area contributed by atoms with Crippen molar-refractivity contribution >= 4 is 24.0 Å². The van der Waals surface area contributed by atoms with Crippen LogP contribution in [0.1, 0.15) is 24.6 Å². The van der Waals surface area contributed by atoms with Crippen LogP contribution in [0.2, 0.25) is 0 Å². The summed E-state index contributed by atoms with van der Waals surface area (Å²) in [6.07, 6.45) is 3.72. The Morgan fingerprint density at radius 2 is 2.19 bits per heavy atom. The third-order valence-corrected chi connectivity index (χ3v) is 4.14. The van der Waals surface area contributed by atoms with E-state index in [2.05, 4.69) is 49.0 Å². The second kappa shape index (κ2) is 8.15. The van der Waals surface area contributed by atoms with Crippen LogP contribution in [-0.2, 0) is 6.42 Å². The standard InChI is InChI=1S/C13H23NS2/c1-12(7-10-15)5-8-14(2)9-6-13-4-3-11-16-13/h3-4,11-12,15H,5-10H2,1-2H3. The first-order chi connectivity index (χ1) is 7.72. The van der Waals surface area contributed by atoms with E-state index in [1.807, 2.05) is 11.3 Å². The molecule has 0 saturated carbocycles. The number of nitrogens with zero attached hydrogens (tertiary/aromatic N) is 1. The van der Waals surface area contributed by atoms with Gasteiger partial charge in [-0.05, 0) is 56.0 Å². The zero-order chi connectivity index (χ0) is 11.8. The topological polar surface area (TPSA) is 3.24 Å². The molecule has 1 heterocycles. The van der Waals surface area contributed by atoms with Crippen molar-refractivity contribution < 1.29 is 0 Å². The number of hydrogen-bond acceptors (Lipinski definition) is 3. The van der Waals surface area contributed by atoms with Gasteiger partial charge in [0.15, 0.2) is 0 Å². The van der Waals surface area contributed by atoms with E-state index in [-0.39, 0.29) is 0 Å². The summed E-state index contributed by atoms with van der Waals surface area (Å²) < 4.78 is 0. The van der Waals surface area contributed by atoms with Crippen LogP contribution in [0.4, 0.5) is 0 Å². The molecule has 0 N–H and O–H groups in total. The average Bonchev–Trinajstić information content (AvgIpc) is 2.77. The number of rotatable bonds is 8. The van der Waals surface area contributed by atoms with Gasteiger partial charge in [-0.1, -0.05) is 13.0 Å². The highest BCUT2D eigenvalue weighted by Gasteiger charge is 2.04. The first-order valence-corrected chi connectivity index (χ1v) is 7.55. The second-order valence-corrected chi connectivity index (χ2v) is 6.02. The highest BCUT2D eigenvalue weighted by Crippen LogP contribution is 2.11. The zero-order valence-corrected chi connectivity index (χ0v) is 12.1. The largest absolute Gasteiger partial charge is 0.306 e. The van der Waals surface area contributed by atoms with Gasteiger partial charge < -0.3 is 4.90 Å². The van der Waals surface area contributed by atoms with Gasteiger partial charge in [0.25, 0.3) is 0 Å². The van der Waals surface area contributed by atoms with Gasteiger partial charge in [-0.25, -0.2) is 0 Å². The smallest absolute Gasteiger partial charge is 0.00579 e. The highest BCUT2D eigenvalue weighted by atomic mass is 32.1. The van der Waals surface area contributed by atoms with Crippen LogP contribution in [0.3, 0.4) is 0 Å². The van der Waals surface area contributed by atoms with Crippen molar-refractivity contribution in [1.82, 2.24) is 4.90 Å². The molecule has 1 aromatic heterocycles. The molecule has 1 unspecified atom stereocenters. The van der Waals surface area contributed by atoms with Gasteiger partial charge in [0.1, 0.15) is 0 Å². The summed E-state index contributed by atoms with van der Waals surface area (Å²) in [5.74, 6) is 1.82. The number of thiol groups is 1. The third kappa shape index (κ3) is 5.92. The molecule has 1 rings (SSSR count). The molecule has 3 heteroatoms. The third-order valence-electron chi connectivity index (χ3n) is 2.95. The maximum Gasteiger partial charge on any atom is 0.00579 e. The van der Waals surface area contributed by atoms with Crippen LogP contribution in [0.15, 0.2) is 17.5 Å². The monoisotopic (exact) mass is 257 g/mol. The number of thiophene rings is 1. The summed E-state index contributed by atoms with van der Waals surface area (Å²) in [6.45, 7) is 4.71. The van der Waals surface area contributed by atoms with Gasteiger partial charge in [0, 0.05) is 11.4 Å². The maximum absolute atomic E-state index is 4.27. The van der Waals surface area contributed by atoms with E-state index in [0.717, 1.165) is 11.7 Å². The van der Waals surface area contributed by atoms with E-state index in [1.165, 1.54) is 37.2 Å². The molecule has 0 aliphatic heterocycles. The summed E-state index contributed by atoms with van der Waals surface area (Å²) in [5, 5.41) is 2.16. The Kier molecular flexibility index (Phi) is 7.17. The predicted octanol–water partition coefficient (Wildman–Crippen LogP) is 3.57. The Morgan fingerprint density at radius 1 is 1.38 bits per heavy atom. The van der Waals surface area contributed by atoms with E-state index in [0.29, 0.717) is 0 Å². The number of hydrogen-bond donors (Lipinski definition) is 1. The second-order valence-electron chi connectivity index (χ2n) is 4.54. The molecule has 0 bridgehead atoms. The van der Waals surface area contributed by atoms with Gasteiger partial charge in [-0.2, -0.15) is 12.6 Å². The molecule has 0 radical (unpaired) electrons. The molecule has 1 atom stereocenters. The Labute approximate surface area is 109 Å². The first-order valence-electron chi connectivity index (χ1n) is 6.04. The van der Waals surface area contributed by atoms with Crippen molar-refractivity contribution in [3.8, 4) is 0 Å². The Morgan fingerprint density at radius 3 is 2.81 bits per heavy atom. The van der Waals surface area contributed by atoms with E-state index >= 15 is 0 Å². The molecule has 0 aromatic carbocycles. The normalized spacial score (nSPS) is 13.2. The van der Waals surface area contributed by atoms with Gasteiger partial charge in [-0.3, -0.25) is 0 Å². The fourth-order valence-corrected chi connectivity index (χ4v) is 2.81. The van der Waals surface area contributed by atoms with Crippen molar-refractivity contribution in [3.63, 3.8) is 0 Å². The van der Waals surface area contributed by atoms with Crippen LogP contribution in [-0.4, -0.2) is 30.8 Å². The van der Waals surface area contributed by atoms with Crippen molar-refractivity contribution in [3.05, 3.63) is 22.4 Å². The molecular weight excluding hydrogens is 234 g/mol. The van der Waals surface area contributed by atoms with Crippen LogP contribution in [0.25, 0.3) is 0 Å². The molecular formula is C13H23NS2. The quantitative estimate of drug-likeness (QED) is 0.697. The summed E-state index contributed by atoms with van der Waals surface area (Å²) in [5.41, 5.74) is 0. The summed E-state index contributed by atoms with van der Waals surface area (Å²) in [4.78, 5) is 3.93. The number of likely N-dealkylation sites (N-methyl/N-ethyl adjacent to an activating group) is 1.